The Morgan fingerprint density at radius 3 is 2.72 bits per heavy atom. The van der Waals surface area contributed by atoms with E-state index >= 15 is 0 Å². The predicted molar refractivity (Wildman–Crippen MR) is 113 cm³/mol. The van der Waals surface area contributed by atoms with Crippen LogP contribution < -0.4 is 11.0 Å². The molecule has 29 heavy (non-hydrogen) atoms. The zero-order chi connectivity index (χ0) is 20.2. The first kappa shape index (κ1) is 20.0. The van der Waals surface area contributed by atoms with Gasteiger partial charge in [0.05, 0.1) is 0 Å². The monoisotopic (exact) mass is 431 g/mol. The largest absolute Gasteiger partial charge is 0.350 e. The van der Waals surface area contributed by atoms with E-state index in [-0.39, 0.29) is 18.1 Å². The van der Waals surface area contributed by atoms with Gasteiger partial charge in [0.25, 0.3) is 0 Å². The highest BCUT2D eigenvalue weighted by molar-refractivity contribution is 8.00. The van der Waals surface area contributed by atoms with Crippen LogP contribution in [-0.2, 0) is 17.9 Å². The van der Waals surface area contributed by atoms with Crippen LogP contribution in [0.5, 0.6) is 0 Å². The van der Waals surface area contributed by atoms with Gasteiger partial charge in [0.15, 0.2) is 5.65 Å². The number of halogens is 1. The molecule has 1 aromatic carbocycles. The van der Waals surface area contributed by atoms with E-state index in [1.54, 1.807) is 36.3 Å². The van der Waals surface area contributed by atoms with Gasteiger partial charge in [-0.05, 0) is 30.5 Å². The number of nitrogens with zero attached hydrogens (tertiary/aromatic N) is 4. The quantitative estimate of drug-likeness (QED) is 0.647. The minimum absolute atomic E-state index is 0.137. The van der Waals surface area contributed by atoms with E-state index in [1.807, 2.05) is 12.1 Å². The lowest BCUT2D eigenvalue weighted by atomic mass is 10.0. The van der Waals surface area contributed by atoms with Gasteiger partial charge in [-0.25, -0.2) is 18.9 Å². The van der Waals surface area contributed by atoms with Gasteiger partial charge in [0.1, 0.15) is 11.6 Å². The number of rotatable bonds is 6. The first-order valence-corrected chi connectivity index (χ1v) is 11.0. The molecule has 1 N–H and O–H groups in total. The number of carbonyl (C=O) groups excluding carboxylic acids is 1. The van der Waals surface area contributed by atoms with Crippen molar-refractivity contribution in [1.29, 1.82) is 0 Å². The summed E-state index contributed by atoms with van der Waals surface area (Å²) in [5.74, 6) is -0.278. The van der Waals surface area contributed by atoms with Gasteiger partial charge in [0.2, 0.25) is 5.91 Å². The molecule has 0 unspecified atom stereocenters. The van der Waals surface area contributed by atoms with E-state index in [9.17, 15) is 9.59 Å². The van der Waals surface area contributed by atoms with E-state index in [1.165, 1.54) is 28.3 Å². The third kappa shape index (κ3) is 4.82. The molecule has 1 aliphatic carbocycles. The van der Waals surface area contributed by atoms with Crippen LogP contribution in [0.15, 0.2) is 46.5 Å². The average molecular weight is 432 g/mol. The van der Waals surface area contributed by atoms with Crippen LogP contribution in [0.2, 0.25) is 5.02 Å². The van der Waals surface area contributed by atoms with Crippen molar-refractivity contribution in [2.45, 2.75) is 55.5 Å². The van der Waals surface area contributed by atoms with Crippen molar-refractivity contribution >= 4 is 34.9 Å². The summed E-state index contributed by atoms with van der Waals surface area (Å²) in [6.45, 7) is 0.226. The van der Waals surface area contributed by atoms with Crippen molar-refractivity contribution in [3.63, 3.8) is 0 Å². The summed E-state index contributed by atoms with van der Waals surface area (Å²) in [6.07, 6.45) is 9.28. The first-order valence-electron chi connectivity index (χ1n) is 9.72. The standard InChI is InChI=1S/C20H22ClN5O2S/c21-15-8-6-14(7-9-15)12-23-17(27)13-26-20(28)25-11-10-22-19(18(25)24-26)29-16-4-2-1-3-5-16/h6-11,16H,1-5,12-13H2,(H,23,27). The van der Waals surface area contributed by atoms with Gasteiger partial charge in [-0.3, -0.25) is 4.79 Å². The summed E-state index contributed by atoms with van der Waals surface area (Å²) in [4.78, 5) is 29.4. The van der Waals surface area contributed by atoms with Gasteiger partial charge in [-0.1, -0.05) is 54.8 Å². The highest BCUT2D eigenvalue weighted by atomic mass is 35.5. The van der Waals surface area contributed by atoms with Gasteiger partial charge in [-0.15, -0.1) is 5.10 Å². The first-order chi connectivity index (χ1) is 14.1. The van der Waals surface area contributed by atoms with Crippen molar-refractivity contribution in [2.24, 2.45) is 0 Å². The molecule has 0 bridgehead atoms. The Balaban J connectivity index is 1.46. The minimum Gasteiger partial charge on any atom is -0.350 e. The molecule has 2 aromatic heterocycles. The van der Waals surface area contributed by atoms with E-state index < -0.39 is 0 Å². The summed E-state index contributed by atoms with van der Waals surface area (Å²) in [7, 11) is 0. The molecular formula is C20H22ClN5O2S. The van der Waals surface area contributed by atoms with Crippen molar-refractivity contribution in [2.75, 3.05) is 0 Å². The average Bonchev–Trinajstić information content (AvgIpc) is 3.05. The summed E-state index contributed by atoms with van der Waals surface area (Å²) in [5, 5.41) is 9.09. The van der Waals surface area contributed by atoms with E-state index in [0.29, 0.717) is 22.5 Å². The molecule has 3 aromatic rings. The van der Waals surface area contributed by atoms with Crippen molar-refractivity contribution in [3.8, 4) is 0 Å². The number of amides is 1. The number of nitrogens with one attached hydrogen (secondary N) is 1. The molecule has 2 heterocycles. The highest BCUT2D eigenvalue weighted by Crippen LogP contribution is 2.33. The summed E-state index contributed by atoms with van der Waals surface area (Å²) < 4.78 is 2.66. The van der Waals surface area contributed by atoms with E-state index in [4.69, 9.17) is 11.6 Å². The van der Waals surface area contributed by atoms with Crippen LogP contribution in [0.25, 0.3) is 5.65 Å². The number of hydrogen-bond acceptors (Lipinski definition) is 5. The highest BCUT2D eigenvalue weighted by Gasteiger charge is 2.19. The fourth-order valence-electron chi connectivity index (χ4n) is 3.45. The Kier molecular flexibility index (Phi) is 6.20. The molecule has 1 saturated carbocycles. The fourth-order valence-corrected chi connectivity index (χ4v) is 4.82. The molecule has 4 rings (SSSR count). The molecule has 0 atom stereocenters. The third-order valence-corrected chi connectivity index (χ3v) is 6.56. The zero-order valence-corrected chi connectivity index (χ0v) is 17.5. The Hall–Kier alpha value is -2.32. The number of thioether (sulfide) groups is 1. The molecule has 0 spiro atoms. The smallest absolute Gasteiger partial charge is 0.350 e. The number of fused-ring (bicyclic) bond motifs is 1. The van der Waals surface area contributed by atoms with Crippen LogP contribution in [0.1, 0.15) is 37.7 Å². The van der Waals surface area contributed by atoms with Crippen LogP contribution in [-0.4, -0.2) is 30.3 Å². The SMILES string of the molecule is O=C(Cn1nc2c(SC3CCCCC3)nccn2c1=O)NCc1ccc(Cl)cc1. The molecular weight excluding hydrogens is 410 g/mol. The van der Waals surface area contributed by atoms with Crippen LogP contribution in [0.4, 0.5) is 0 Å². The number of aromatic nitrogens is 4. The predicted octanol–water partition coefficient (Wildman–Crippen LogP) is 3.29. The van der Waals surface area contributed by atoms with Gasteiger partial charge in [0, 0.05) is 29.2 Å². The Morgan fingerprint density at radius 2 is 1.97 bits per heavy atom. The van der Waals surface area contributed by atoms with E-state index in [0.717, 1.165) is 23.4 Å². The van der Waals surface area contributed by atoms with Gasteiger partial charge >= 0.3 is 5.69 Å². The molecule has 1 fully saturated rings. The van der Waals surface area contributed by atoms with Gasteiger partial charge in [-0.2, -0.15) is 0 Å². The molecule has 1 aliphatic rings. The van der Waals surface area contributed by atoms with Crippen LogP contribution in [0.3, 0.4) is 0 Å². The molecule has 152 valence electrons. The van der Waals surface area contributed by atoms with Crippen LogP contribution >= 0.6 is 23.4 Å². The van der Waals surface area contributed by atoms with Crippen LogP contribution in [0, 0.1) is 0 Å². The van der Waals surface area contributed by atoms with Gasteiger partial charge < -0.3 is 5.32 Å². The number of benzene rings is 1. The Morgan fingerprint density at radius 1 is 1.21 bits per heavy atom. The normalized spacial score (nSPS) is 14.9. The van der Waals surface area contributed by atoms with E-state index in [2.05, 4.69) is 15.4 Å². The molecule has 1 amide bonds. The Labute approximate surface area is 177 Å². The lowest BCUT2D eigenvalue weighted by Crippen LogP contribution is -2.32. The fraction of sp³-hybridized carbons (Fsp3) is 0.400. The van der Waals surface area contributed by atoms with Crippen molar-refractivity contribution in [1.82, 2.24) is 24.5 Å². The second-order valence-corrected chi connectivity index (χ2v) is 8.87. The third-order valence-electron chi connectivity index (χ3n) is 5.00. The molecule has 7 nitrogen and oxygen atoms in total. The Bertz CT molecular complexity index is 1060. The lowest BCUT2D eigenvalue weighted by Gasteiger charge is -2.20. The summed E-state index contributed by atoms with van der Waals surface area (Å²) in [5.41, 5.74) is 1.11. The molecule has 0 saturated heterocycles. The maximum Gasteiger partial charge on any atom is 0.350 e. The maximum absolute atomic E-state index is 12.7. The topological polar surface area (TPSA) is 81.3 Å². The molecule has 0 radical (unpaired) electrons. The summed E-state index contributed by atoms with van der Waals surface area (Å²) in [6, 6.07) is 7.24. The lowest BCUT2D eigenvalue weighted by molar-refractivity contribution is -0.122. The second-order valence-electron chi connectivity index (χ2n) is 7.15. The minimum atomic E-state index is -0.338. The second kappa shape index (κ2) is 9.00. The molecule has 9 heteroatoms. The maximum atomic E-state index is 12.7. The summed E-state index contributed by atoms with van der Waals surface area (Å²) >= 11 is 7.55. The zero-order valence-electron chi connectivity index (χ0n) is 15.9. The molecule has 0 aliphatic heterocycles. The van der Waals surface area contributed by atoms with Crippen molar-refractivity contribution in [3.05, 3.63) is 57.7 Å². The number of carbonyl (C=O) groups is 1. The number of hydrogen-bond donors (Lipinski definition) is 1. The van der Waals surface area contributed by atoms with Crippen molar-refractivity contribution < 1.29 is 4.79 Å².